The fourth-order valence-corrected chi connectivity index (χ4v) is 3.71. The van der Waals surface area contributed by atoms with Crippen LogP contribution in [-0.4, -0.2) is 39.4 Å². The Kier molecular flexibility index (Phi) is 5.02. The lowest BCUT2D eigenvalue weighted by Gasteiger charge is -2.26. The number of piperidine rings is 1. The van der Waals surface area contributed by atoms with Gasteiger partial charge in [0.2, 0.25) is 0 Å². The van der Waals surface area contributed by atoms with Gasteiger partial charge in [-0.1, -0.05) is 67.1 Å². The number of benzene rings is 2. The quantitative estimate of drug-likeness (QED) is 0.743. The van der Waals surface area contributed by atoms with Crippen LogP contribution in [0.3, 0.4) is 0 Å². The standard InChI is InChI=1S/C22H25N3O/c26-22-20(18-10-4-1-5-11-18)23-25(17-16-24-14-8-3-9-15-24)21(22)19-12-6-2-7-13-19/h1-2,4-7,10-13,26H,3,8-9,14-17H2. The lowest BCUT2D eigenvalue weighted by Crippen LogP contribution is -2.32. The summed E-state index contributed by atoms with van der Waals surface area (Å²) in [6.07, 6.45) is 3.91. The molecule has 1 fully saturated rings. The van der Waals surface area contributed by atoms with Crippen molar-refractivity contribution in [2.24, 2.45) is 0 Å². The molecule has 1 aliphatic heterocycles. The van der Waals surface area contributed by atoms with E-state index in [0.29, 0.717) is 5.69 Å². The van der Waals surface area contributed by atoms with Crippen molar-refractivity contribution in [1.29, 1.82) is 0 Å². The van der Waals surface area contributed by atoms with Gasteiger partial charge in [0.05, 0.1) is 6.54 Å². The highest BCUT2D eigenvalue weighted by molar-refractivity contribution is 5.77. The van der Waals surface area contributed by atoms with Gasteiger partial charge in [-0.05, 0) is 25.9 Å². The first-order chi connectivity index (χ1) is 12.8. The Morgan fingerprint density at radius 2 is 1.38 bits per heavy atom. The Hall–Kier alpha value is -2.59. The molecule has 1 saturated heterocycles. The summed E-state index contributed by atoms with van der Waals surface area (Å²) in [5.74, 6) is 0.265. The molecular formula is C22H25N3O. The van der Waals surface area contributed by atoms with Crippen molar-refractivity contribution in [1.82, 2.24) is 14.7 Å². The van der Waals surface area contributed by atoms with Gasteiger partial charge in [-0.25, -0.2) is 0 Å². The van der Waals surface area contributed by atoms with E-state index in [1.165, 1.54) is 32.4 Å². The summed E-state index contributed by atoms with van der Waals surface area (Å²) in [5.41, 5.74) is 3.40. The molecule has 1 N–H and O–H groups in total. The molecule has 2 aromatic carbocycles. The molecule has 1 aromatic heterocycles. The molecule has 0 radical (unpaired) electrons. The van der Waals surface area contributed by atoms with Crippen molar-refractivity contribution < 1.29 is 5.11 Å². The molecule has 0 amide bonds. The van der Waals surface area contributed by atoms with Crippen molar-refractivity contribution in [3.05, 3.63) is 60.7 Å². The molecule has 0 saturated carbocycles. The van der Waals surface area contributed by atoms with E-state index in [-0.39, 0.29) is 5.75 Å². The van der Waals surface area contributed by atoms with Crippen molar-refractivity contribution in [2.75, 3.05) is 19.6 Å². The molecule has 4 heteroatoms. The van der Waals surface area contributed by atoms with Gasteiger partial charge in [0.1, 0.15) is 11.4 Å². The molecule has 2 heterocycles. The molecule has 3 aromatic rings. The van der Waals surface area contributed by atoms with Crippen LogP contribution in [0.5, 0.6) is 5.75 Å². The van der Waals surface area contributed by atoms with E-state index in [1.807, 2.05) is 65.3 Å². The van der Waals surface area contributed by atoms with Gasteiger partial charge in [-0.3, -0.25) is 4.68 Å². The molecule has 0 atom stereocenters. The minimum Gasteiger partial charge on any atom is -0.504 e. The van der Waals surface area contributed by atoms with Gasteiger partial charge in [0, 0.05) is 17.7 Å². The van der Waals surface area contributed by atoms with Crippen molar-refractivity contribution in [3.8, 4) is 28.3 Å². The van der Waals surface area contributed by atoms with Crippen LogP contribution in [0.2, 0.25) is 0 Å². The molecule has 0 bridgehead atoms. The van der Waals surface area contributed by atoms with Crippen LogP contribution < -0.4 is 0 Å². The van der Waals surface area contributed by atoms with E-state index in [2.05, 4.69) is 4.90 Å². The van der Waals surface area contributed by atoms with Gasteiger partial charge in [-0.15, -0.1) is 0 Å². The van der Waals surface area contributed by atoms with E-state index in [9.17, 15) is 5.11 Å². The maximum Gasteiger partial charge on any atom is 0.169 e. The van der Waals surface area contributed by atoms with Crippen LogP contribution in [0, 0.1) is 0 Å². The summed E-state index contributed by atoms with van der Waals surface area (Å²) < 4.78 is 1.97. The van der Waals surface area contributed by atoms with E-state index in [1.54, 1.807) is 0 Å². The van der Waals surface area contributed by atoms with E-state index in [4.69, 9.17) is 5.10 Å². The Morgan fingerprint density at radius 1 is 0.769 bits per heavy atom. The van der Waals surface area contributed by atoms with Gasteiger partial charge in [0.25, 0.3) is 0 Å². The van der Waals surface area contributed by atoms with Crippen LogP contribution in [0.15, 0.2) is 60.7 Å². The third-order valence-corrected chi connectivity index (χ3v) is 5.10. The largest absolute Gasteiger partial charge is 0.504 e. The Labute approximate surface area is 154 Å². The fraction of sp³-hybridized carbons (Fsp3) is 0.318. The number of aromatic hydroxyl groups is 1. The predicted molar refractivity (Wildman–Crippen MR) is 105 cm³/mol. The molecule has 1 aliphatic rings. The zero-order valence-electron chi connectivity index (χ0n) is 15.0. The van der Waals surface area contributed by atoms with Crippen LogP contribution >= 0.6 is 0 Å². The predicted octanol–water partition coefficient (Wildman–Crippen LogP) is 4.41. The second-order valence-corrected chi connectivity index (χ2v) is 6.90. The third kappa shape index (κ3) is 3.51. The molecule has 26 heavy (non-hydrogen) atoms. The highest BCUT2D eigenvalue weighted by atomic mass is 16.3. The minimum atomic E-state index is 0.265. The monoisotopic (exact) mass is 347 g/mol. The van der Waals surface area contributed by atoms with E-state index < -0.39 is 0 Å². The van der Waals surface area contributed by atoms with E-state index in [0.717, 1.165) is 29.9 Å². The van der Waals surface area contributed by atoms with Crippen LogP contribution in [0.25, 0.3) is 22.5 Å². The molecule has 0 unspecified atom stereocenters. The van der Waals surface area contributed by atoms with Crippen molar-refractivity contribution >= 4 is 0 Å². The van der Waals surface area contributed by atoms with Crippen LogP contribution in [0.4, 0.5) is 0 Å². The normalized spacial score (nSPS) is 15.2. The zero-order valence-corrected chi connectivity index (χ0v) is 15.0. The van der Waals surface area contributed by atoms with Gasteiger partial charge in [0.15, 0.2) is 5.75 Å². The molecular weight excluding hydrogens is 322 g/mol. The summed E-state index contributed by atoms with van der Waals surface area (Å²) in [5, 5.41) is 15.7. The minimum absolute atomic E-state index is 0.265. The Morgan fingerprint density at radius 3 is 2.04 bits per heavy atom. The number of rotatable bonds is 5. The molecule has 0 spiro atoms. The average Bonchev–Trinajstić information content (AvgIpc) is 3.05. The first kappa shape index (κ1) is 16.9. The molecule has 4 rings (SSSR count). The molecule has 4 nitrogen and oxygen atoms in total. The van der Waals surface area contributed by atoms with Crippen LogP contribution in [-0.2, 0) is 6.54 Å². The van der Waals surface area contributed by atoms with Gasteiger partial charge < -0.3 is 10.0 Å². The SMILES string of the molecule is Oc1c(-c2ccccc2)nn(CCN2CCCCC2)c1-c1ccccc1. The number of nitrogens with zero attached hydrogens (tertiary/aromatic N) is 3. The second kappa shape index (κ2) is 7.75. The van der Waals surface area contributed by atoms with Gasteiger partial charge >= 0.3 is 0 Å². The smallest absolute Gasteiger partial charge is 0.169 e. The van der Waals surface area contributed by atoms with Gasteiger partial charge in [-0.2, -0.15) is 5.10 Å². The summed E-state index contributed by atoms with van der Waals surface area (Å²) in [7, 11) is 0. The summed E-state index contributed by atoms with van der Waals surface area (Å²) in [6.45, 7) is 4.08. The number of hydrogen-bond acceptors (Lipinski definition) is 3. The van der Waals surface area contributed by atoms with E-state index >= 15 is 0 Å². The molecule has 134 valence electrons. The average molecular weight is 347 g/mol. The summed E-state index contributed by atoms with van der Waals surface area (Å²) in [4.78, 5) is 2.50. The third-order valence-electron chi connectivity index (χ3n) is 5.10. The summed E-state index contributed by atoms with van der Waals surface area (Å²) in [6, 6.07) is 20.0. The first-order valence-corrected chi connectivity index (χ1v) is 9.46. The maximum absolute atomic E-state index is 11.0. The fourth-order valence-electron chi connectivity index (χ4n) is 3.71. The highest BCUT2D eigenvalue weighted by Crippen LogP contribution is 2.37. The lowest BCUT2D eigenvalue weighted by atomic mass is 10.1. The van der Waals surface area contributed by atoms with Crippen molar-refractivity contribution in [2.45, 2.75) is 25.8 Å². The summed E-state index contributed by atoms with van der Waals surface area (Å²) >= 11 is 0. The topological polar surface area (TPSA) is 41.3 Å². The Balaban J connectivity index is 1.69. The number of aromatic nitrogens is 2. The number of likely N-dealkylation sites (tertiary alicyclic amines) is 1. The van der Waals surface area contributed by atoms with Crippen LogP contribution in [0.1, 0.15) is 19.3 Å². The second-order valence-electron chi connectivity index (χ2n) is 6.90. The maximum atomic E-state index is 11.0. The molecule has 0 aliphatic carbocycles. The highest BCUT2D eigenvalue weighted by Gasteiger charge is 2.20. The lowest BCUT2D eigenvalue weighted by molar-refractivity contribution is 0.218. The Bertz CT molecular complexity index is 837. The first-order valence-electron chi connectivity index (χ1n) is 9.46. The zero-order chi connectivity index (χ0) is 17.8. The number of hydrogen-bond donors (Lipinski definition) is 1. The van der Waals surface area contributed by atoms with Crippen molar-refractivity contribution in [3.63, 3.8) is 0 Å².